The number of rotatable bonds is 6. The molecule has 0 aliphatic carbocycles. The minimum Gasteiger partial charge on any atom is -0.488 e. The molecule has 106 valence electrons. The fraction of sp³-hybridized carbons (Fsp3) is 0.562. The summed E-state index contributed by atoms with van der Waals surface area (Å²) in [5.74, 6) is 0.456. The van der Waals surface area contributed by atoms with E-state index in [9.17, 15) is 9.90 Å². The second kappa shape index (κ2) is 5.74. The number of hydrogen-bond donors (Lipinski definition) is 1. The largest absolute Gasteiger partial charge is 0.488 e. The summed E-state index contributed by atoms with van der Waals surface area (Å²) >= 11 is 0. The van der Waals surface area contributed by atoms with Crippen molar-refractivity contribution in [3.63, 3.8) is 0 Å². The van der Waals surface area contributed by atoms with Crippen molar-refractivity contribution < 1.29 is 14.6 Å². The molecule has 0 saturated carbocycles. The van der Waals surface area contributed by atoms with Gasteiger partial charge in [0.1, 0.15) is 17.0 Å². The Kier molecular flexibility index (Phi) is 4.75. The third-order valence-electron chi connectivity index (χ3n) is 2.92. The smallest absolute Gasteiger partial charge is 0.193 e. The Hall–Kier alpha value is -1.35. The van der Waals surface area contributed by atoms with E-state index in [1.165, 1.54) is 13.8 Å². The zero-order chi connectivity index (χ0) is 14.7. The van der Waals surface area contributed by atoms with Crippen molar-refractivity contribution in [2.75, 3.05) is 0 Å². The lowest BCUT2D eigenvalue weighted by Gasteiger charge is -2.26. The van der Waals surface area contributed by atoms with Gasteiger partial charge in [-0.25, -0.2) is 0 Å². The standard InChI is InChI=1S/C16H24O3/c1-6-11-15(2,3)19-13-9-7-12(8-10-13)14(17)16(4,5)18/h7-10,18H,6,11H2,1-5H3. The molecule has 1 rings (SSSR count). The molecule has 1 aromatic rings. The maximum Gasteiger partial charge on any atom is 0.193 e. The van der Waals surface area contributed by atoms with Crippen LogP contribution in [0.5, 0.6) is 5.75 Å². The Labute approximate surface area is 115 Å². The van der Waals surface area contributed by atoms with Crippen LogP contribution in [-0.2, 0) is 0 Å². The predicted molar refractivity (Wildman–Crippen MR) is 76.7 cm³/mol. The van der Waals surface area contributed by atoms with E-state index in [0.717, 1.165) is 18.6 Å². The van der Waals surface area contributed by atoms with Crippen LogP contribution in [0.25, 0.3) is 0 Å². The van der Waals surface area contributed by atoms with Gasteiger partial charge in [-0.15, -0.1) is 0 Å². The van der Waals surface area contributed by atoms with Crippen LogP contribution in [-0.4, -0.2) is 22.1 Å². The van der Waals surface area contributed by atoms with E-state index in [4.69, 9.17) is 4.74 Å². The van der Waals surface area contributed by atoms with E-state index >= 15 is 0 Å². The third-order valence-corrected chi connectivity index (χ3v) is 2.92. The highest BCUT2D eigenvalue weighted by Gasteiger charge is 2.25. The predicted octanol–water partition coefficient (Wildman–Crippen LogP) is 3.60. The second-order valence-electron chi connectivity index (χ2n) is 6.02. The van der Waals surface area contributed by atoms with Crippen molar-refractivity contribution >= 4 is 5.78 Å². The molecule has 0 spiro atoms. The van der Waals surface area contributed by atoms with E-state index in [1.54, 1.807) is 24.3 Å². The second-order valence-corrected chi connectivity index (χ2v) is 6.02. The van der Waals surface area contributed by atoms with Crippen molar-refractivity contribution in [3.05, 3.63) is 29.8 Å². The van der Waals surface area contributed by atoms with Crippen LogP contribution in [0.4, 0.5) is 0 Å². The molecular formula is C16H24O3. The van der Waals surface area contributed by atoms with Gasteiger partial charge in [-0.2, -0.15) is 0 Å². The van der Waals surface area contributed by atoms with Gasteiger partial charge in [0.05, 0.1) is 0 Å². The molecule has 0 bridgehead atoms. The fourth-order valence-electron chi connectivity index (χ4n) is 2.00. The third kappa shape index (κ3) is 4.67. The zero-order valence-electron chi connectivity index (χ0n) is 12.5. The summed E-state index contributed by atoms with van der Waals surface area (Å²) in [6.45, 7) is 9.20. The normalized spacial score (nSPS) is 12.3. The van der Waals surface area contributed by atoms with Crippen molar-refractivity contribution in [2.45, 2.75) is 58.7 Å². The molecule has 0 atom stereocenters. The lowest BCUT2D eigenvalue weighted by molar-refractivity contribution is 0.0487. The molecule has 0 aliphatic heterocycles. The van der Waals surface area contributed by atoms with Crippen LogP contribution < -0.4 is 4.74 Å². The number of carbonyl (C=O) groups excluding carboxylic acids is 1. The highest BCUT2D eigenvalue weighted by atomic mass is 16.5. The Balaban J connectivity index is 2.80. The molecule has 0 unspecified atom stereocenters. The van der Waals surface area contributed by atoms with E-state index in [2.05, 4.69) is 6.92 Å². The number of ketones is 1. The van der Waals surface area contributed by atoms with Crippen molar-refractivity contribution in [2.24, 2.45) is 0 Å². The van der Waals surface area contributed by atoms with Gasteiger partial charge in [-0.05, 0) is 58.4 Å². The van der Waals surface area contributed by atoms with Crippen molar-refractivity contribution in [3.8, 4) is 5.75 Å². The van der Waals surface area contributed by atoms with Gasteiger partial charge >= 0.3 is 0 Å². The fourth-order valence-corrected chi connectivity index (χ4v) is 2.00. The van der Waals surface area contributed by atoms with Crippen LogP contribution in [0.2, 0.25) is 0 Å². The summed E-state index contributed by atoms with van der Waals surface area (Å²) in [7, 11) is 0. The average molecular weight is 264 g/mol. The molecule has 0 aliphatic rings. The summed E-state index contributed by atoms with van der Waals surface area (Å²) in [6, 6.07) is 6.93. The first-order chi connectivity index (χ1) is 8.65. The van der Waals surface area contributed by atoms with Gasteiger partial charge in [0.2, 0.25) is 0 Å². The Morgan fingerprint density at radius 3 is 2.11 bits per heavy atom. The molecule has 0 amide bonds. The van der Waals surface area contributed by atoms with E-state index < -0.39 is 5.60 Å². The summed E-state index contributed by atoms with van der Waals surface area (Å²) in [6.07, 6.45) is 2.03. The van der Waals surface area contributed by atoms with Gasteiger partial charge in [0, 0.05) is 5.56 Å². The number of carbonyl (C=O) groups is 1. The van der Waals surface area contributed by atoms with Crippen LogP contribution in [0.3, 0.4) is 0 Å². The van der Waals surface area contributed by atoms with Crippen LogP contribution >= 0.6 is 0 Å². The van der Waals surface area contributed by atoms with Gasteiger partial charge in [0.25, 0.3) is 0 Å². The van der Waals surface area contributed by atoms with Crippen molar-refractivity contribution in [1.82, 2.24) is 0 Å². The first-order valence-corrected chi connectivity index (χ1v) is 6.72. The SMILES string of the molecule is CCCC(C)(C)Oc1ccc(C(=O)C(C)(C)O)cc1. The molecule has 0 saturated heterocycles. The summed E-state index contributed by atoms with van der Waals surface area (Å²) < 4.78 is 5.89. The molecule has 1 aromatic carbocycles. The molecule has 0 fully saturated rings. The number of ether oxygens (including phenoxy) is 1. The molecule has 0 heterocycles. The minimum atomic E-state index is -1.34. The lowest BCUT2D eigenvalue weighted by atomic mass is 9.97. The monoisotopic (exact) mass is 264 g/mol. The molecule has 3 nitrogen and oxygen atoms in total. The van der Waals surface area contributed by atoms with E-state index in [0.29, 0.717) is 5.56 Å². The summed E-state index contributed by atoms with van der Waals surface area (Å²) in [4.78, 5) is 11.9. The molecular weight excluding hydrogens is 240 g/mol. The van der Waals surface area contributed by atoms with E-state index in [1.807, 2.05) is 13.8 Å². The van der Waals surface area contributed by atoms with Crippen LogP contribution in [0.15, 0.2) is 24.3 Å². The van der Waals surface area contributed by atoms with E-state index in [-0.39, 0.29) is 11.4 Å². The number of Topliss-reactive ketones (excluding diaryl/α,β-unsaturated/α-hetero) is 1. The highest BCUT2D eigenvalue weighted by Crippen LogP contribution is 2.23. The van der Waals surface area contributed by atoms with Crippen LogP contribution in [0, 0.1) is 0 Å². The summed E-state index contributed by atoms with van der Waals surface area (Å²) in [5.41, 5.74) is -1.06. The maximum absolute atomic E-state index is 11.9. The molecule has 1 N–H and O–H groups in total. The molecule has 0 aromatic heterocycles. The van der Waals surface area contributed by atoms with Gasteiger partial charge in [0.15, 0.2) is 5.78 Å². The highest BCUT2D eigenvalue weighted by molar-refractivity contribution is 6.01. The quantitative estimate of drug-likeness (QED) is 0.799. The minimum absolute atomic E-state index is 0.212. The molecule has 0 radical (unpaired) electrons. The number of hydrogen-bond acceptors (Lipinski definition) is 3. The first kappa shape index (κ1) is 15.7. The average Bonchev–Trinajstić information content (AvgIpc) is 2.27. The van der Waals surface area contributed by atoms with Crippen LogP contribution in [0.1, 0.15) is 57.8 Å². The zero-order valence-corrected chi connectivity index (χ0v) is 12.5. The maximum atomic E-state index is 11.9. The van der Waals surface area contributed by atoms with Crippen molar-refractivity contribution in [1.29, 1.82) is 0 Å². The number of benzene rings is 1. The first-order valence-electron chi connectivity index (χ1n) is 6.72. The Morgan fingerprint density at radius 1 is 1.16 bits per heavy atom. The lowest BCUT2D eigenvalue weighted by Crippen LogP contribution is -2.31. The molecule has 19 heavy (non-hydrogen) atoms. The van der Waals surface area contributed by atoms with Gasteiger partial charge in [-0.1, -0.05) is 13.3 Å². The summed E-state index contributed by atoms with van der Waals surface area (Å²) in [5, 5.41) is 9.68. The Bertz CT molecular complexity index is 424. The number of aliphatic hydroxyl groups is 1. The van der Waals surface area contributed by atoms with Gasteiger partial charge < -0.3 is 9.84 Å². The Morgan fingerprint density at radius 2 is 1.68 bits per heavy atom. The molecule has 3 heteroatoms. The topological polar surface area (TPSA) is 46.5 Å². The van der Waals surface area contributed by atoms with Gasteiger partial charge in [-0.3, -0.25) is 4.79 Å².